The molecule has 0 radical (unpaired) electrons. The zero-order valence-electron chi connectivity index (χ0n) is 14.2. The van der Waals surface area contributed by atoms with Crippen LogP contribution < -0.4 is 5.32 Å². The fourth-order valence-corrected chi connectivity index (χ4v) is 2.45. The largest absolute Gasteiger partial charge is 0.443 e. The number of amides is 1. The maximum absolute atomic E-state index is 12.1. The zero-order valence-corrected chi connectivity index (χ0v) is 14.2. The molecule has 3 aromatic rings. The molecule has 1 aromatic carbocycles. The topological polar surface area (TPSA) is 67.4 Å². The van der Waals surface area contributed by atoms with E-state index in [1.165, 1.54) is 5.39 Å². The molecular formula is C20H20N2O3. The maximum Gasteiger partial charge on any atom is 0.287 e. The molecule has 0 spiro atoms. The Morgan fingerprint density at radius 2 is 2.04 bits per heavy atom. The molecule has 5 heteroatoms. The van der Waals surface area contributed by atoms with Crippen molar-refractivity contribution in [1.29, 1.82) is 0 Å². The Morgan fingerprint density at radius 1 is 1.24 bits per heavy atom. The average Bonchev–Trinajstić information content (AvgIpc) is 3.19. The number of nitrogens with one attached hydrogen (secondary N) is 1. The monoisotopic (exact) mass is 336 g/mol. The number of carbonyl (C=O) groups excluding carboxylic acids is 1. The van der Waals surface area contributed by atoms with Gasteiger partial charge in [0.05, 0.1) is 0 Å². The molecule has 2 N–H and O–H groups in total. The fourth-order valence-electron chi connectivity index (χ4n) is 2.45. The highest BCUT2D eigenvalue weighted by Crippen LogP contribution is 2.14. The van der Waals surface area contributed by atoms with E-state index < -0.39 is 5.60 Å². The van der Waals surface area contributed by atoms with E-state index in [9.17, 15) is 9.90 Å². The van der Waals surface area contributed by atoms with Crippen LogP contribution in [0.3, 0.4) is 0 Å². The standard InChI is InChI=1S/C20H20N2O3/c1-20(2,24)11-9-16-7-8-18(25-16)19(23)21-12-14-22-13-10-15-5-3-4-6-17(15)22/h3-8,10,13,24H,12,14H2,1-2H3,(H,21,23). The van der Waals surface area contributed by atoms with E-state index in [0.717, 1.165) is 5.52 Å². The third kappa shape index (κ3) is 4.31. The van der Waals surface area contributed by atoms with Gasteiger partial charge in [-0.1, -0.05) is 24.1 Å². The molecule has 0 aliphatic rings. The molecule has 0 aliphatic carbocycles. The summed E-state index contributed by atoms with van der Waals surface area (Å²) in [4.78, 5) is 12.1. The van der Waals surface area contributed by atoms with Crippen LogP contribution in [-0.2, 0) is 6.54 Å². The first-order valence-corrected chi connectivity index (χ1v) is 8.10. The highest BCUT2D eigenvalue weighted by molar-refractivity contribution is 5.91. The molecule has 0 bridgehead atoms. The van der Waals surface area contributed by atoms with Gasteiger partial charge in [0.25, 0.3) is 5.91 Å². The van der Waals surface area contributed by atoms with E-state index in [4.69, 9.17) is 4.42 Å². The summed E-state index contributed by atoms with van der Waals surface area (Å²) in [6.45, 7) is 4.33. The molecular weight excluding hydrogens is 316 g/mol. The minimum Gasteiger partial charge on any atom is -0.443 e. The van der Waals surface area contributed by atoms with Gasteiger partial charge >= 0.3 is 0 Å². The van der Waals surface area contributed by atoms with Crippen LogP contribution in [0.4, 0.5) is 0 Å². The first kappa shape index (κ1) is 16.9. The second-order valence-electron chi connectivity index (χ2n) is 6.30. The summed E-state index contributed by atoms with van der Waals surface area (Å²) in [5.41, 5.74) is 0.0355. The van der Waals surface area contributed by atoms with Gasteiger partial charge in [0.15, 0.2) is 11.5 Å². The summed E-state index contributed by atoms with van der Waals surface area (Å²) < 4.78 is 7.49. The molecule has 2 heterocycles. The van der Waals surface area contributed by atoms with E-state index >= 15 is 0 Å². The quantitative estimate of drug-likeness (QED) is 0.720. The molecule has 0 unspecified atom stereocenters. The van der Waals surface area contributed by atoms with Crippen LogP contribution in [0.25, 0.3) is 10.9 Å². The van der Waals surface area contributed by atoms with Crippen LogP contribution >= 0.6 is 0 Å². The summed E-state index contributed by atoms with van der Waals surface area (Å²) in [5.74, 6) is 5.63. The van der Waals surface area contributed by atoms with Crippen LogP contribution in [-0.4, -0.2) is 27.7 Å². The van der Waals surface area contributed by atoms with Gasteiger partial charge in [-0.3, -0.25) is 4.79 Å². The molecule has 1 amide bonds. The number of benzene rings is 1. The first-order valence-electron chi connectivity index (χ1n) is 8.10. The number of hydrogen-bond donors (Lipinski definition) is 2. The molecule has 3 rings (SSSR count). The molecule has 5 nitrogen and oxygen atoms in total. The summed E-state index contributed by atoms with van der Waals surface area (Å²) in [7, 11) is 0. The van der Waals surface area contributed by atoms with Crippen molar-refractivity contribution in [3.8, 4) is 11.8 Å². The average molecular weight is 336 g/mol. The second-order valence-corrected chi connectivity index (χ2v) is 6.30. The third-order valence-corrected chi connectivity index (χ3v) is 3.64. The normalized spacial score (nSPS) is 11.2. The van der Waals surface area contributed by atoms with Crippen molar-refractivity contribution in [3.05, 3.63) is 60.2 Å². The summed E-state index contributed by atoms with van der Waals surface area (Å²) >= 11 is 0. The third-order valence-electron chi connectivity index (χ3n) is 3.64. The molecule has 25 heavy (non-hydrogen) atoms. The Balaban J connectivity index is 1.58. The lowest BCUT2D eigenvalue weighted by atomic mass is 10.1. The number of carbonyl (C=O) groups is 1. The Labute approximate surface area is 146 Å². The lowest BCUT2D eigenvalue weighted by Gasteiger charge is -2.06. The highest BCUT2D eigenvalue weighted by Gasteiger charge is 2.11. The number of hydrogen-bond acceptors (Lipinski definition) is 3. The molecule has 0 atom stereocenters. The highest BCUT2D eigenvalue weighted by atomic mass is 16.3. The van der Waals surface area contributed by atoms with Crippen molar-refractivity contribution in [2.45, 2.75) is 26.0 Å². The number of nitrogens with zero attached hydrogens (tertiary/aromatic N) is 1. The van der Waals surface area contributed by atoms with Gasteiger partial charge in [0.1, 0.15) is 5.60 Å². The van der Waals surface area contributed by atoms with Gasteiger partial charge in [0, 0.05) is 24.8 Å². The number of rotatable bonds is 4. The van der Waals surface area contributed by atoms with Gasteiger partial charge in [-0.25, -0.2) is 0 Å². The first-order chi connectivity index (χ1) is 11.9. The van der Waals surface area contributed by atoms with Crippen molar-refractivity contribution in [1.82, 2.24) is 9.88 Å². The number of fused-ring (bicyclic) bond motifs is 1. The Hall–Kier alpha value is -2.97. The predicted octanol–water partition coefficient (Wildman–Crippen LogP) is 2.79. The van der Waals surface area contributed by atoms with Crippen molar-refractivity contribution >= 4 is 16.8 Å². The minimum atomic E-state index is -1.10. The fraction of sp³-hybridized carbons (Fsp3) is 0.250. The minimum absolute atomic E-state index is 0.206. The Kier molecular flexibility index (Phi) is 4.64. The SMILES string of the molecule is CC(C)(O)C#Cc1ccc(C(=O)NCCn2ccc3ccccc32)o1. The lowest BCUT2D eigenvalue weighted by molar-refractivity contribution is 0.0924. The van der Waals surface area contributed by atoms with Gasteiger partial charge in [-0.05, 0) is 49.4 Å². The van der Waals surface area contributed by atoms with Crippen molar-refractivity contribution in [2.75, 3.05) is 6.54 Å². The number of aromatic nitrogens is 1. The van der Waals surface area contributed by atoms with Crippen LogP contribution in [0.5, 0.6) is 0 Å². The predicted molar refractivity (Wildman–Crippen MR) is 96.2 cm³/mol. The zero-order chi connectivity index (χ0) is 17.9. The van der Waals surface area contributed by atoms with Crippen LogP contribution in [0.2, 0.25) is 0 Å². The van der Waals surface area contributed by atoms with Gasteiger partial charge in [-0.2, -0.15) is 0 Å². The van der Waals surface area contributed by atoms with Crippen molar-refractivity contribution in [3.63, 3.8) is 0 Å². The molecule has 2 aromatic heterocycles. The molecule has 0 saturated carbocycles. The van der Waals surface area contributed by atoms with Gasteiger partial charge in [-0.15, -0.1) is 0 Å². The lowest BCUT2D eigenvalue weighted by Crippen LogP contribution is -2.26. The summed E-state index contributed by atoms with van der Waals surface area (Å²) in [5, 5.41) is 13.6. The molecule has 128 valence electrons. The van der Waals surface area contributed by atoms with Crippen LogP contribution in [0, 0.1) is 11.8 Å². The van der Waals surface area contributed by atoms with E-state index in [-0.39, 0.29) is 11.7 Å². The Bertz CT molecular complexity index is 948. The molecule has 0 saturated heterocycles. The molecule has 0 aliphatic heterocycles. The maximum atomic E-state index is 12.1. The summed E-state index contributed by atoms with van der Waals surface area (Å²) in [6.07, 6.45) is 2.01. The van der Waals surface area contributed by atoms with Gasteiger partial charge in [0.2, 0.25) is 0 Å². The molecule has 0 fully saturated rings. The van der Waals surface area contributed by atoms with Gasteiger partial charge < -0.3 is 19.4 Å². The van der Waals surface area contributed by atoms with Crippen LogP contribution in [0.1, 0.15) is 30.2 Å². The van der Waals surface area contributed by atoms with Crippen molar-refractivity contribution < 1.29 is 14.3 Å². The smallest absolute Gasteiger partial charge is 0.287 e. The Morgan fingerprint density at radius 3 is 2.84 bits per heavy atom. The number of aliphatic hydroxyl groups is 1. The second kappa shape index (κ2) is 6.88. The van der Waals surface area contributed by atoms with Crippen molar-refractivity contribution in [2.24, 2.45) is 0 Å². The number of para-hydroxylation sites is 1. The van der Waals surface area contributed by atoms with E-state index in [1.54, 1.807) is 26.0 Å². The number of furan rings is 1. The van der Waals surface area contributed by atoms with E-state index in [0.29, 0.717) is 18.8 Å². The summed E-state index contributed by atoms with van der Waals surface area (Å²) in [6, 6.07) is 13.4. The van der Waals surface area contributed by atoms with E-state index in [2.05, 4.69) is 39.9 Å². The van der Waals surface area contributed by atoms with Crippen LogP contribution in [0.15, 0.2) is 53.1 Å². The van der Waals surface area contributed by atoms with E-state index in [1.807, 2.05) is 18.3 Å².